The molecule has 0 saturated heterocycles. The third-order valence-electron chi connectivity index (χ3n) is 1.48. The predicted molar refractivity (Wildman–Crippen MR) is 43.1 cm³/mol. The molecule has 0 rings (SSSR count). The van der Waals surface area contributed by atoms with Gasteiger partial charge < -0.3 is 9.84 Å². The van der Waals surface area contributed by atoms with Crippen molar-refractivity contribution in [2.45, 2.75) is 20.3 Å². The number of hydrogen-bond donors (Lipinski definition) is 1. The second-order valence-electron chi connectivity index (χ2n) is 2.51. The van der Waals surface area contributed by atoms with Crippen LogP contribution in [-0.2, 0) is 19.1 Å². The van der Waals surface area contributed by atoms with Crippen molar-refractivity contribution < 1.29 is 24.2 Å². The molecule has 0 aliphatic carbocycles. The van der Waals surface area contributed by atoms with E-state index in [0.717, 1.165) is 0 Å². The molecule has 0 heterocycles. The Hall–Kier alpha value is -1.39. The van der Waals surface area contributed by atoms with E-state index in [1.807, 2.05) is 0 Å². The quantitative estimate of drug-likeness (QED) is 0.493. The van der Waals surface area contributed by atoms with E-state index in [2.05, 4.69) is 4.74 Å². The lowest BCUT2D eigenvalue weighted by atomic mass is 10.0. The fourth-order valence-electron chi connectivity index (χ4n) is 0.645. The maximum absolute atomic E-state index is 11.0. The van der Waals surface area contributed by atoms with Gasteiger partial charge in [0.15, 0.2) is 5.78 Å². The lowest BCUT2D eigenvalue weighted by molar-refractivity contribution is -0.149. The van der Waals surface area contributed by atoms with E-state index in [0.29, 0.717) is 0 Å². The van der Waals surface area contributed by atoms with Crippen LogP contribution < -0.4 is 0 Å². The molecule has 0 amide bonds. The molecule has 74 valence electrons. The Labute approximate surface area is 75.7 Å². The summed E-state index contributed by atoms with van der Waals surface area (Å²) in [6, 6.07) is 0. The molecule has 0 aromatic heterocycles. The number of carboxylic acids is 1. The summed E-state index contributed by atoms with van der Waals surface area (Å²) in [5.74, 6) is -3.69. The molecule has 0 radical (unpaired) electrons. The van der Waals surface area contributed by atoms with Crippen LogP contribution in [0.1, 0.15) is 20.3 Å². The predicted octanol–water partition coefficient (Wildman–Crippen LogP) is 0.229. The van der Waals surface area contributed by atoms with E-state index in [9.17, 15) is 14.4 Å². The first-order valence-electron chi connectivity index (χ1n) is 3.90. The lowest BCUT2D eigenvalue weighted by Crippen LogP contribution is -2.23. The highest BCUT2D eigenvalue weighted by Crippen LogP contribution is 2.01. The lowest BCUT2D eigenvalue weighted by Gasteiger charge is -2.04. The molecule has 0 aliphatic rings. The molecular weight excluding hydrogens is 176 g/mol. The van der Waals surface area contributed by atoms with Crippen molar-refractivity contribution in [3.63, 3.8) is 0 Å². The molecule has 0 aromatic carbocycles. The summed E-state index contributed by atoms with van der Waals surface area (Å²) in [7, 11) is 0. The van der Waals surface area contributed by atoms with Crippen LogP contribution in [0.3, 0.4) is 0 Å². The molecule has 5 nitrogen and oxygen atoms in total. The molecule has 1 unspecified atom stereocenters. The summed E-state index contributed by atoms with van der Waals surface area (Å²) < 4.78 is 4.49. The molecular formula is C8H12O5. The van der Waals surface area contributed by atoms with Gasteiger partial charge >= 0.3 is 11.9 Å². The van der Waals surface area contributed by atoms with Crippen LogP contribution in [0, 0.1) is 5.92 Å². The summed E-state index contributed by atoms with van der Waals surface area (Å²) in [5.41, 5.74) is 0. The Morgan fingerprint density at radius 3 is 2.31 bits per heavy atom. The normalized spacial score (nSPS) is 11.8. The first-order valence-corrected chi connectivity index (χ1v) is 3.90. The van der Waals surface area contributed by atoms with Crippen LogP contribution >= 0.6 is 0 Å². The first kappa shape index (κ1) is 11.6. The highest BCUT2D eigenvalue weighted by molar-refractivity contribution is 6.05. The van der Waals surface area contributed by atoms with Gasteiger partial charge in [-0.05, 0) is 13.8 Å². The summed E-state index contributed by atoms with van der Waals surface area (Å²) in [6.45, 7) is 3.04. The average Bonchev–Trinajstić information content (AvgIpc) is 2.03. The minimum absolute atomic E-state index is 0.188. The minimum Gasteiger partial charge on any atom is -0.481 e. The van der Waals surface area contributed by atoms with Crippen LogP contribution in [0.5, 0.6) is 0 Å². The van der Waals surface area contributed by atoms with Crippen molar-refractivity contribution in [2.75, 3.05) is 6.61 Å². The van der Waals surface area contributed by atoms with Crippen molar-refractivity contribution in [1.82, 2.24) is 0 Å². The SMILES string of the molecule is CCOC(=O)CC(=O)C(C)C(=O)O. The van der Waals surface area contributed by atoms with E-state index in [1.54, 1.807) is 6.92 Å². The minimum atomic E-state index is -1.23. The van der Waals surface area contributed by atoms with Crippen LogP contribution in [-0.4, -0.2) is 29.4 Å². The molecule has 0 fully saturated rings. The Morgan fingerprint density at radius 1 is 1.38 bits per heavy atom. The monoisotopic (exact) mass is 188 g/mol. The maximum Gasteiger partial charge on any atom is 0.313 e. The Bertz CT molecular complexity index is 221. The molecule has 0 saturated carbocycles. The Kier molecular flexibility index (Phi) is 4.72. The molecule has 0 aliphatic heterocycles. The molecule has 0 aromatic rings. The largest absolute Gasteiger partial charge is 0.481 e. The van der Waals surface area contributed by atoms with Crippen molar-refractivity contribution >= 4 is 17.7 Å². The summed E-state index contributed by atoms with van der Waals surface area (Å²) in [5, 5.41) is 8.42. The smallest absolute Gasteiger partial charge is 0.313 e. The zero-order valence-electron chi connectivity index (χ0n) is 7.57. The average molecular weight is 188 g/mol. The van der Waals surface area contributed by atoms with E-state index >= 15 is 0 Å². The fraction of sp³-hybridized carbons (Fsp3) is 0.625. The van der Waals surface area contributed by atoms with Gasteiger partial charge in [0.05, 0.1) is 6.61 Å². The number of aliphatic carboxylic acids is 1. The van der Waals surface area contributed by atoms with Crippen molar-refractivity contribution in [2.24, 2.45) is 5.92 Å². The second-order valence-corrected chi connectivity index (χ2v) is 2.51. The molecule has 0 spiro atoms. The van der Waals surface area contributed by atoms with E-state index in [1.165, 1.54) is 6.92 Å². The highest BCUT2D eigenvalue weighted by atomic mass is 16.5. The number of ketones is 1. The zero-order valence-corrected chi connectivity index (χ0v) is 7.57. The van der Waals surface area contributed by atoms with E-state index in [-0.39, 0.29) is 6.61 Å². The number of Topliss-reactive ketones (excluding diaryl/α,β-unsaturated/α-hetero) is 1. The molecule has 5 heteroatoms. The van der Waals surface area contributed by atoms with E-state index < -0.39 is 30.1 Å². The molecule has 1 atom stereocenters. The van der Waals surface area contributed by atoms with Crippen LogP contribution in [0.2, 0.25) is 0 Å². The number of rotatable bonds is 5. The Balaban J connectivity index is 4.00. The third kappa shape index (κ3) is 4.25. The summed E-state index contributed by atoms with van der Waals surface area (Å²) in [6.07, 6.45) is -0.471. The third-order valence-corrected chi connectivity index (χ3v) is 1.48. The van der Waals surface area contributed by atoms with Crippen LogP contribution in [0.25, 0.3) is 0 Å². The number of carbonyl (C=O) groups is 3. The van der Waals surface area contributed by atoms with Gasteiger partial charge in [0, 0.05) is 0 Å². The topological polar surface area (TPSA) is 80.7 Å². The van der Waals surface area contributed by atoms with Gasteiger partial charge in [-0.2, -0.15) is 0 Å². The maximum atomic E-state index is 11.0. The van der Waals surface area contributed by atoms with Gasteiger partial charge in [-0.25, -0.2) is 0 Å². The molecule has 0 bridgehead atoms. The van der Waals surface area contributed by atoms with E-state index in [4.69, 9.17) is 5.11 Å². The standard InChI is InChI=1S/C8H12O5/c1-3-13-7(10)4-6(9)5(2)8(11)12/h5H,3-4H2,1-2H3,(H,11,12). The number of hydrogen-bond acceptors (Lipinski definition) is 4. The number of carbonyl (C=O) groups excluding carboxylic acids is 2. The number of ether oxygens (including phenoxy) is 1. The molecule has 1 N–H and O–H groups in total. The summed E-state index contributed by atoms with van der Waals surface area (Å²) >= 11 is 0. The van der Waals surface area contributed by atoms with Gasteiger partial charge in [-0.3, -0.25) is 14.4 Å². The van der Waals surface area contributed by atoms with Gasteiger partial charge in [0.25, 0.3) is 0 Å². The van der Waals surface area contributed by atoms with Gasteiger partial charge in [0.2, 0.25) is 0 Å². The fourth-order valence-corrected chi connectivity index (χ4v) is 0.645. The number of carboxylic acid groups (broad SMARTS) is 1. The van der Waals surface area contributed by atoms with Crippen LogP contribution in [0.4, 0.5) is 0 Å². The van der Waals surface area contributed by atoms with Gasteiger partial charge in [0.1, 0.15) is 12.3 Å². The second kappa shape index (κ2) is 5.29. The van der Waals surface area contributed by atoms with Crippen molar-refractivity contribution in [3.05, 3.63) is 0 Å². The van der Waals surface area contributed by atoms with Crippen molar-refractivity contribution in [1.29, 1.82) is 0 Å². The Morgan fingerprint density at radius 2 is 1.92 bits per heavy atom. The number of esters is 1. The zero-order chi connectivity index (χ0) is 10.4. The van der Waals surface area contributed by atoms with Crippen LogP contribution in [0.15, 0.2) is 0 Å². The van der Waals surface area contributed by atoms with Gasteiger partial charge in [-0.15, -0.1) is 0 Å². The summed E-state index contributed by atoms with van der Waals surface area (Å²) in [4.78, 5) is 32.0. The van der Waals surface area contributed by atoms with Crippen molar-refractivity contribution in [3.8, 4) is 0 Å². The molecule has 13 heavy (non-hydrogen) atoms. The van der Waals surface area contributed by atoms with Gasteiger partial charge in [-0.1, -0.05) is 0 Å². The highest BCUT2D eigenvalue weighted by Gasteiger charge is 2.23. The first-order chi connectivity index (χ1) is 5.99.